The van der Waals surface area contributed by atoms with Gasteiger partial charge in [0, 0.05) is 19.6 Å². The van der Waals surface area contributed by atoms with Gasteiger partial charge in [0.05, 0.1) is 11.8 Å². The minimum atomic E-state index is -0.610. The highest BCUT2D eigenvalue weighted by molar-refractivity contribution is 5.86. The summed E-state index contributed by atoms with van der Waals surface area (Å²) < 4.78 is 5.36. The number of nitrogens with two attached hydrogens (primary N) is 1. The number of hydrogen-bond acceptors (Lipinski definition) is 4. The Labute approximate surface area is 144 Å². The normalized spacial score (nSPS) is 24.4. The molecule has 1 atom stereocenters. The van der Waals surface area contributed by atoms with E-state index in [2.05, 4.69) is 23.2 Å². The van der Waals surface area contributed by atoms with E-state index in [1.54, 1.807) is 6.26 Å². The highest BCUT2D eigenvalue weighted by Crippen LogP contribution is 2.27. The molecule has 0 spiro atoms. The standard InChI is InChI=1S/C19H29N3O2/c1-15(11-17-5-4-10-24-17)13-22-9-6-16(14-22)12-21-18(23)19(20)7-2-3-8-19/h4-5,10-11,16H,2-3,6-9,12-14,20H2,1H3,(H,21,23)/b15-11+. The Balaban J connectivity index is 1.41. The lowest BCUT2D eigenvalue weighted by Gasteiger charge is -2.23. The Morgan fingerprint density at radius 1 is 1.50 bits per heavy atom. The van der Waals surface area contributed by atoms with Crippen molar-refractivity contribution in [3.05, 3.63) is 29.7 Å². The first-order valence-electron chi connectivity index (χ1n) is 9.05. The molecule has 1 saturated carbocycles. The molecule has 3 N–H and O–H groups in total. The molecule has 0 aromatic carbocycles. The van der Waals surface area contributed by atoms with Crippen LogP contribution in [0.5, 0.6) is 0 Å². The molecule has 0 radical (unpaired) electrons. The van der Waals surface area contributed by atoms with Crippen LogP contribution in [-0.2, 0) is 4.79 Å². The van der Waals surface area contributed by atoms with E-state index in [0.717, 1.165) is 64.0 Å². The lowest BCUT2D eigenvalue weighted by molar-refractivity contribution is -0.126. The number of likely N-dealkylation sites (tertiary alicyclic amines) is 1. The molecule has 1 aromatic heterocycles. The van der Waals surface area contributed by atoms with E-state index in [9.17, 15) is 4.79 Å². The summed E-state index contributed by atoms with van der Waals surface area (Å²) in [5.41, 5.74) is 6.89. The Morgan fingerprint density at radius 3 is 3.00 bits per heavy atom. The third kappa shape index (κ3) is 4.28. The number of rotatable bonds is 6. The second-order valence-electron chi connectivity index (χ2n) is 7.47. The van der Waals surface area contributed by atoms with Gasteiger partial charge in [-0.2, -0.15) is 0 Å². The molecule has 1 aliphatic heterocycles. The summed E-state index contributed by atoms with van der Waals surface area (Å²) in [6.07, 6.45) is 8.71. The van der Waals surface area contributed by atoms with Gasteiger partial charge in [-0.25, -0.2) is 0 Å². The van der Waals surface area contributed by atoms with E-state index in [4.69, 9.17) is 10.2 Å². The average molecular weight is 331 g/mol. The summed E-state index contributed by atoms with van der Waals surface area (Å²) in [6, 6.07) is 3.87. The summed E-state index contributed by atoms with van der Waals surface area (Å²) in [7, 11) is 0. The zero-order valence-electron chi connectivity index (χ0n) is 14.6. The molecule has 5 heteroatoms. The molecule has 1 aliphatic carbocycles. The van der Waals surface area contributed by atoms with Crippen molar-refractivity contribution in [2.75, 3.05) is 26.2 Å². The fraction of sp³-hybridized carbons (Fsp3) is 0.632. The van der Waals surface area contributed by atoms with Crippen LogP contribution in [0.3, 0.4) is 0 Å². The molecule has 2 aliphatic rings. The van der Waals surface area contributed by atoms with E-state index in [0.29, 0.717) is 5.92 Å². The molecule has 132 valence electrons. The maximum Gasteiger partial charge on any atom is 0.240 e. The molecule has 2 heterocycles. The van der Waals surface area contributed by atoms with Crippen LogP contribution in [0.15, 0.2) is 28.4 Å². The molecule has 0 bridgehead atoms. The zero-order valence-corrected chi connectivity index (χ0v) is 14.6. The second-order valence-corrected chi connectivity index (χ2v) is 7.47. The summed E-state index contributed by atoms with van der Waals surface area (Å²) >= 11 is 0. The molecule has 24 heavy (non-hydrogen) atoms. The van der Waals surface area contributed by atoms with Gasteiger partial charge in [-0.15, -0.1) is 0 Å². The summed E-state index contributed by atoms with van der Waals surface area (Å²) in [4.78, 5) is 14.7. The molecule has 2 fully saturated rings. The van der Waals surface area contributed by atoms with Crippen LogP contribution < -0.4 is 11.1 Å². The first kappa shape index (κ1) is 17.2. The van der Waals surface area contributed by atoms with Crippen molar-refractivity contribution < 1.29 is 9.21 Å². The monoisotopic (exact) mass is 331 g/mol. The van der Waals surface area contributed by atoms with Crippen molar-refractivity contribution in [3.63, 3.8) is 0 Å². The predicted octanol–water partition coefficient (Wildman–Crippen LogP) is 2.39. The number of furan rings is 1. The van der Waals surface area contributed by atoms with Gasteiger partial charge in [0.25, 0.3) is 0 Å². The van der Waals surface area contributed by atoms with Crippen molar-refractivity contribution in [1.82, 2.24) is 10.2 Å². The van der Waals surface area contributed by atoms with Crippen LogP contribution in [0.1, 0.15) is 44.8 Å². The van der Waals surface area contributed by atoms with Gasteiger partial charge in [0.1, 0.15) is 5.76 Å². The second kappa shape index (κ2) is 7.53. The fourth-order valence-electron chi connectivity index (χ4n) is 3.88. The third-order valence-corrected chi connectivity index (χ3v) is 5.27. The maximum absolute atomic E-state index is 12.3. The van der Waals surface area contributed by atoms with E-state index in [-0.39, 0.29) is 5.91 Å². The minimum absolute atomic E-state index is 0.0485. The number of carbonyl (C=O) groups is 1. The molecule has 3 rings (SSSR count). The van der Waals surface area contributed by atoms with Crippen LogP contribution in [0.4, 0.5) is 0 Å². The van der Waals surface area contributed by atoms with E-state index >= 15 is 0 Å². The van der Waals surface area contributed by atoms with Crippen molar-refractivity contribution in [1.29, 1.82) is 0 Å². The average Bonchev–Trinajstić information content (AvgIpc) is 3.28. The highest BCUT2D eigenvalue weighted by atomic mass is 16.3. The number of hydrogen-bond donors (Lipinski definition) is 2. The van der Waals surface area contributed by atoms with Crippen LogP contribution >= 0.6 is 0 Å². The van der Waals surface area contributed by atoms with Gasteiger partial charge in [-0.3, -0.25) is 9.69 Å². The SMILES string of the molecule is C/C(=C\c1ccco1)CN1CCC(CNC(=O)C2(N)CCCC2)C1. The summed E-state index contributed by atoms with van der Waals surface area (Å²) in [5.74, 6) is 1.48. The number of nitrogens with zero attached hydrogens (tertiary/aromatic N) is 1. The number of nitrogens with one attached hydrogen (secondary N) is 1. The van der Waals surface area contributed by atoms with Gasteiger partial charge in [0.15, 0.2) is 0 Å². The largest absolute Gasteiger partial charge is 0.465 e. The van der Waals surface area contributed by atoms with Crippen LogP contribution in [0.25, 0.3) is 6.08 Å². The zero-order chi connectivity index (χ0) is 17.0. The van der Waals surface area contributed by atoms with Crippen molar-refractivity contribution >= 4 is 12.0 Å². The molecular formula is C19H29N3O2. The predicted molar refractivity (Wildman–Crippen MR) is 95.3 cm³/mol. The molecule has 1 saturated heterocycles. The van der Waals surface area contributed by atoms with Crippen LogP contribution in [0.2, 0.25) is 0 Å². The van der Waals surface area contributed by atoms with Crippen molar-refractivity contribution in [2.24, 2.45) is 11.7 Å². The van der Waals surface area contributed by atoms with Gasteiger partial charge in [-0.1, -0.05) is 18.4 Å². The summed E-state index contributed by atoms with van der Waals surface area (Å²) in [5, 5.41) is 3.10. The lowest BCUT2D eigenvalue weighted by atomic mass is 9.97. The van der Waals surface area contributed by atoms with E-state index < -0.39 is 5.54 Å². The molecular weight excluding hydrogens is 302 g/mol. The quantitative estimate of drug-likeness (QED) is 0.839. The number of carbonyl (C=O) groups excluding carboxylic acids is 1. The lowest BCUT2D eigenvalue weighted by Crippen LogP contribution is -2.52. The molecule has 1 aromatic rings. The first-order chi connectivity index (χ1) is 11.5. The molecule has 5 nitrogen and oxygen atoms in total. The fourth-order valence-corrected chi connectivity index (χ4v) is 3.88. The Hall–Kier alpha value is -1.59. The van der Waals surface area contributed by atoms with Gasteiger partial charge in [0.2, 0.25) is 5.91 Å². The maximum atomic E-state index is 12.3. The van der Waals surface area contributed by atoms with Gasteiger partial charge < -0.3 is 15.5 Å². The first-order valence-corrected chi connectivity index (χ1v) is 9.05. The van der Waals surface area contributed by atoms with Crippen molar-refractivity contribution in [3.8, 4) is 0 Å². The number of amides is 1. The Kier molecular flexibility index (Phi) is 5.41. The van der Waals surface area contributed by atoms with Crippen LogP contribution in [-0.4, -0.2) is 42.5 Å². The molecule has 1 amide bonds. The smallest absolute Gasteiger partial charge is 0.240 e. The third-order valence-electron chi connectivity index (χ3n) is 5.27. The van der Waals surface area contributed by atoms with E-state index in [1.165, 1.54) is 5.57 Å². The highest BCUT2D eigenvalue weighted by Gasteiger charge is 2.37. The molecule has 1 unspecified atom stereocenters. The van der Waals surface area contributed by atoms with Gasteiger partial charge in [-0.05, 0) is 56.9 Å². The van der Waals surface area contributed by atoms with Crippen molar-refractivity contribution in [2.45, 2.75) is 44.6 Å². The summed E-state index contributed by atoms with van der Waals surface area (Å²) in [6.45, 7) is 5.94. The van der Waals surface area contributed by atoms with E-state index in [1.807, 2.05) is 12.1 Å². The Bertz CT molecular complexity index is 573. The van der Waals surface area contributed by atoms with Gasteiger partial charge >= 0.3 is 0 Å². The minimum Gasteiger partial charge on any atom is -0.465 e. The Morgan fingerprint density at radius 2 is 2.29 bits per heavy atom. The van der Waals surface area contributed by atoms with Crippen LogP contribution in [0, 0.1) is 5.92 Å². The topological polar surface area (TPSA) is 71.5 Å².